The van der Waals surface area contributed by atoms with Crippen LogP contribution in [-0.4, -0.2) is 37.2 Å². The molecule has 0 aliphatic carbocycles. The monoisotopic (exact) mass is 793 g/mol. The standard InChI is InChI=1S/C50H96O6/c1-4-7-10-13-16-19-22-24-26-28-31-34-37-40-43-49(52)55-46-47(45-54-48(51)42-39-36-33-30-21-18-15-12-9-6-3)56-50(53)44-41-38-35-32-29-27-25-23-20-17-14-11-8-5-2/h47H,4-46H2,1-3H3/t47-/m0/s1. The molecule has 56 heavy (non-hydrogen) atoms. The van der Waals surface area contributed by atoms with E-state index in [1.54, 1.807) is 0 Å². The molecule has 0 rings (SSSR count). The quantitative estimate of drug-likeness (QED) is 0.0347. The molecule has 0 saturated carbocycles. The van der Waals surface area contributed by atoms with E-state index in [1.165, 1.54) is 186 Å². The molecule has 0 radical (unpaired) electrons. The van der Waals surface area contributed by atoms with Crippen LogP contribution in [0.1, 0.15) is 284 Å². The van der Waals surface area contributed by atoms with Gasteiger partial charge in [-0.1, -0.05) is 245 Å². The van der Waals surface area contributed by atoms with Gasteiger partial charge in [0.25, 0.3) is 0 Å². The summed E-state index contributed by atoms with van der Waals surface area (Å²) in [5, 5.41) is 0. The fourth-order valence-electron chi connectivity index (χ4n) is 7.56. The normalized spacial score (nSPS) is 11.8. The Bertz CT molecular complexity index is 828. The number of unbranched alkanes of at least 4 members (excludes halogenated alkanes) is 35. The zero-order valence-electron chi connectivity index (χ0n) is 37.9. The molecular formula is C50H96O6. The second-order valence-corrected chi connectivity index (χ2v) is 17.1. The van der Waals surface area contributed by atoms with Crippen molar-refractivity contribution in [1.82, 2.24) is 0 Å². The van der Waals surface area contributed by atoms with Crippen molar-refractivity contribution in [3.05, 3.63) is 0 Å². The molecule has 1 atom stereocenters. The van der Waals surface area contributed by atoms with Crippen LogP contribution in [0.5, 0.6) is 0 Å². The molecule has 0 aliphatic heterocycles. The third-order valence-corrected chi connectivity index (χ3v) is 11.4. The van der Waals surface area contributed by atoms with Gasteiger partial charge in [0.15, 0.2) is 6.10 Å². The molecule has 0 unspecified atom stereocenters. The van der Waals surface area contributed by atoms with Crippen LogP contribution in [-0.2, 0) is 28.6 Å². The summed E-state index contributed by atoms with van der Waals surface area (Å²) in [5.41, 5.74) is 0. The number of carbonyl (C=O) groups excluding carboxylic acids is 3. The van der Waals surface area contributed by atoms with Gasteiger partial charge in [0.2, 0.25) is 0 Å². The van der Waals surface area contributed by atoms with Gasteiger partial charge < -0.3 is 14.2 Å². The average Bonchev–Trinajstić information content (AvgIpc) is 3.19. The first-order valence-corrected chi connectivity index (χ1v) is 25.0. The third-order valence-electron chi connectivity index (χ3n) is 11.4. The maximum atomic E-state index is 12.7. The van der Waals surface area contributed by atoms with Crippen molar-refractivity contribution < 1.29 is 28.6 Å². The molecule has 332 valence electrons. The average molecular weight is 793 g/mol. The molecule has 0 aliphatic rings. The number of rotatable bonds is 46. The Hall–Kier alpha value is -1.59. The predicted molar refractivity (Wildman–Crippen MR) is 238 cm³/mol. The molecule has 0 saturated heterocycles. The lowest BCUT2D eigenvalue weighted by molar-refractivity contribution is -0.167. The van der Waals surface area contributed by atoms with Crippen molar-refractivity contribution in [1.29, 1.82) is 0 Å². The van der Waals surface area contributed by atoms with E-state index in [9.17, 15) is 14.4 Å². The summed E-state index contributed by atoms with van der Waals surface area (Å²) in [4.78, 5) is 37.8. The predicted octanol–water partition coefficient (Wildman–Crippen LogP) is 16.0. The fourth-order valence-corrected chi connectivity index (χ4v) is 7.56. The van der Waals surface area contributed by atoms with Gasteiger partial charge in [-0.3, -0.25) is 14.4 Å². The summed E-state index contributed by atoms with van der Waals surface area (Å²) in [6.07, 6.45) is 47.9. The summed E-state index contributed by atoms with van der Waals surface area (Å²) < 4.78 is 16.8. The van der Waals surface area contributed by atoms with E-state index >= 15 is 0 Å². The second-order valence-electron chi connectivity index (χ2n) is 17.1. The van der Waals surface area contributed by atoms with Crippen molar-refractivity contribution in [2.75, 3.05) is 13.2 Å². The highest BCUT2D eigenvalue weighted by molar-refractivity contribution is 5.71. The highest BCUT2D eigenvalue weighted by Gasteiger charge is 2.19. The van der Waals surface area contributed by atoms with Gasteiger partial charge >= 0.3 is 17.9 Å². The SMILES string of the molecule is CCCCCCCCCCCCCCCCC(=O)OC[C@H](COC(=O)CCCCCCCCCCCC)OC(=O)CCCCCCCCCCCCCCCC. The molecule has 0 amide bonds. The molecule has 0 aromatic rings. The lowest BCUT2D eigenvalue weighted by atomic mass is 10.0. The first-order chi connectivity index (χ1) is 27.5. The van der Waals surface area contributed by atoms with Crippen molar-refractivity contribution >= 4 is 17.9 Å². The van der Waals surface area contributed by atoms with E-state index in [4.69, 9.17) is 14.2 Å². The van der Waals surface area contributed by atoms with Crippen LogP contribution in [0, 0.1) is 0 Å². The molecule has 0 spiro atoms. The summed E-state index contributed by atoms with van der Waals surface area (Å²) >= 11 is 0. The Kier molecular flexibility index (Phi) is 44.8. The van der Waals surface area contributed by atoms with Crippen molar-refractivity contribution in [3.63, 3.8) is 0 Å². The lowest BCUT2D eigenvalue weighted by Gasteiger charge is -2.18. The number of ether oxygens (including phenoxy) is 3. The fraction of sp³-hybridized carbons (Fsp3) is 0.940. The molecule has 0 aromatic carbocycles. The van der Waals surface area contributed by atoms with Crippen LogP contribution in [0.4, 0.5) is 0 Å². The van der Waals surface area contributed by atoms with Crippen LogP contribution in [0.2, 0.25) is 0 Å². The number of hydrogen-bond donors (Lipinski definition) is 0. The smallest absolute Gasteiger partial charge is 0.306 e. The Morgan fingerprint density at radius 1 is 0.286 bits per heavy atom. The van der Waals surface area contributed by atoms with Gasteiger partial charge in [-0.2, -0.15) is 0 Å². The van der Waals surface area contributed by atoms with Gasteiger partial charge in [-0.05, 0) is 19.3 Å². The van der Waals surface area contributed by atoms with Gasteiger partial charge in [0.05, 0.1) is 0 Å². The van der Waals surface area contributed by atoms with Gasteiger partial charge in [0.1, 0.15) is 13.2 Å². The van der Waals surface area contributed by atoms with Crippen molar-refractivity contribution in [2.24, 2.45) is 0 Å². The summed E-state index contributed by atoms with van der Waals surface area (Å²) in [6, 6.07) is 0. The van der Waals surface area contributed by atoms with E-state index < -0.39 is 6.10 Å². The third kappa shape index (κ3) is 43.5. The summed E-state index contributed by atoms with van der Waals surface area (Å²) in [6.45, 7) is 6.66. The molecule has 0 aromatic heterocycles. The van der Waals surface area contributed by atoms with E-state index in [2.05, 4.69) is 20.8 Å². The Morgan fingerprint density at radius 2 is 0.482 bits per heavy atom. The molecule has 6 heteroatoms. The zero-order valence-corrected chi connectivity index (χ0v) is 37.9. The Balaban J connectivity index is 4.29. The highest BCUT2D eigenvalue weighted by Crippen LogP contribution is 2.16. The van der Waals surface area contributed by atoms with Crippen LogP contribution in [0.25, 0.3) is 0 Å². The summed E-state index contributed by atoms with van der Waals surface area (Å²) in [7, 11) is 0. The Morgan fingerprint density at radius 3 is 0.714 bits per heavy atom. The first-order valence-electron chi connectivity index (χ1n) is 25.0. The van der Waals surface area contributed by atoms with Crippen molar-refractivity contribution in [2.45, 2.75) is 290 Å². The van der Waals surface area contributed by atoms with Gasteiger partial charge in [-0.25, -0.2) is 0 Å². The number of esters is 3. The van der Waals surface area contributed by atoms with Gasteiger partial charge in [-0.15, -0.1) is 0 Å². The lowest BCUT2D eigenvalue weighted by Crippen LogP contribution is -2.30. The maximum Gasteiger partial charge on any atom is 0.306 e. The number of hydrogen-bond acceptors (Lipinski definition) is 6. The highest BCUT2D eigenvalue weighted by atomic mass is 16.6. The molecule has 0 fully saturated rings. The molecule has 0 heterocycles. The van der Waals surface area contributed by atoms with Crippen molar-refractivity contribution in [3.8, 4) is 0 Å². The van der Waals surface area contributed by atoms with Crippen LogP contribution in [0.3, 0.4) is 0 Å². The minimum Gasteiger partial charge on any atom is -0.462 e. The molecular weight excluding hydrogens is 697 g/mol. The first kappa shape index (κ1) is 54.4. The van der Waals surface area contributed by atoms with E-state index in [-0.39, 0.29) is 31.1 Å². The van der Waals surface area contributed by atoms with E-state index in [1.807, 2.05) is 0 Å². The second kappa shape index (κ2) is 46.1. The zero-order chi connectivity index (χ0) is 40.8. The van der Waals surface area contributed by atoms with Crippen LogP contribution >= 0.6 is 0 Å². The van der Waals surface area contributed by atoms with Gasteiger partial charge in [0, 0.05) is 19.3 Å². The van der Waals surface area contributed by atoms with Crippen LogP contribution < -0.4 is 0 Å². The molecule has 6 nitrogen and oxygen atoms in total. The topological polar surface area (TPSA) is 78.9 Å². The summed E-state index contributed by atoms with van der Waals surface area (Å²) in [5.74, 6) is -0.845. The van der Waals surface area contributed by atoms with Crippen LogP contribution in [0.15, 0.2) is 0 Å². The largest absolute Gasteiger partial charge is 0.462 e. The maximum absolute atomic E-state index is 12.7. The van der Waals surface area contributed by atoms with E-state index in [0.717, 1.165) is 57.8 Å². The molecule has 0 bridgehead atoms. The number of carbonyl (C=O) groups is 3. The van der Waals surface area contributed by atoms with E-state index in [0.29, 0.717) is 19.3 Å². The minimum atomic E-state index is -0.758. The molecule has 0 N–H and O–H groups in total. The minimum absolute atomic E-state index is 0.0621. The Labute approximate surface area is 348 Å².